The van der Waals surface area contributed by atoms with Gasteiger partial charge in [0.25, 0.3) is 0 Å². The lowest BCUT2D eigenvalue weighted by molar-refractivity contribution is -0.776. The number of hydrogen-bond donors (Lipinski definition) is 2. The van der Waals surface area contributed by atoms with Gasteiger partial charge in [0.2, 0.25) is 11.2 Å². The highest BCUT2D eigenvalue weighted by atomic mass is 35.5. The minimum Gasteiger partial charge on any atom is -0.459 e. The van der Waals surface area contributed by atoms with Crippen molar-refractivity contribution >= 4 is 22.5 Å². The highest BCUT2D eigenvalue weighted by molar-refractivity contribution is 6.30. The molecule has 0 unspecified atom stereocenters. The molecule has 1 heterocycles. The summed E-state index contributed by atoms with van der Waals surface area (Å²) in [6.07, 6.45) is 0. The fourth-order valence-electron chi connectivity index (χ4n) is 3.23. The van der Waals surface area contributed by atoms with Crippen molar-refractivity contribution in [2.24, 2.45) is 0 Å². The number of para-hydroxylation sites is 1. The lowest BCUT2D eigenvalue weighted by Crippen LogP contribution is -2.47. The average Bonchev–Trinajstić information content (AvgIpc) is 2.67. The molecule has 4 aromatic rings. The molecule has 5 heteroatoms. The van der Waals surface area contributed by atoms with Crippen molar-refractivity contribution in [3.05, 3.63) is 88.9 Å². The van der Waals surface area contributed by atoms with E-state index in [0.29, 0.717) is 22.6 Å². The largest absolute Gasteiger partial charge is 0.638 e. The van der Waals surface area contributed by atoms with Gasteiger partial charge in [-0.2, -0.15) is 0 Å². The van der Waals surface area contributed by atoms with Gasteiger partial charge in [-0.25, -0.2) is 0 Å². The number of hydrogen-bond acceptors (Lipinski definition) is 2. The lowest BCUT2D eigenvalue weighted by Gasteiger charge is -2.05. The summed E-state index contributed by atoms with van der Waals surface area (Å²) in [5, 5.41) is 23.1. The maximum Gasteiger partial charge on any atom is 0.638 e. The molecular formula is C22H19ClN2O2+2. The molecule has 0 amide bonds. The monoisotopic (exact) mass is 378 g/mol. The van der Waals surface area contributed by atoms with Crippen molar-refractivity contribution in [1.82, 2.24) is 0 Å². The topological polar surface area (TPSA) is 48.2 Å². The Morgan fingerprint density at radius 2 is 1.63 bits per heavy atom. The van der Waals surface area contributed by atoms with E-state index in [1.807, 2.05) is 55.5 Å². The molecule has 2 N–H and O–H groups in total. The second-order valence-corrected chi connectivity index (χ2v) is 6.96. The van der Waals surface area contributed by atoms with E-state index in [-0.39, 0.29) is 11.9 Å². The zero-order valence-electron chi connectivity index (χ0n) is 14.8. The molecule has 0 radical (unpaired) electrons. The maximum absolute atomic E-state index is 11.1. The van der Waals surface area contributed by atoms with Crippen LogP contribution in [0.3, 0.4) is 0 Å². The maximum atomic E-state index is 11.1. The molecule has 0 aliphatic heterocycles. The third-order valence-corrected chi connectivity index (χ3v) is 4.85. The van der Waals surface area contributed by atoms with Gasteiger partial charge in [0.05, 0.1) is 0 Å². The number of fused-ring (bicyclic) bond motifs is 1. The molecule has 3 aromatic carbocycles. The molecule has 0 saturated carbocycles. The molecule has 134 valence electrons. The van der Waals surface area contributed by atoms with E-state index in [9.17, 15) is 10.2 Å². The van der Waals surface area contributed by atoms with Crippen LogP contribution in [0.25, 0.3) is 16.6 Å². The first-order chi connectivity index (χ1) is 13.0. The van der Waals surface area contributed by atoms with Gasteiger partial charge in [0.1, 0.15) is 0 Å². The number of nitrogens with zero attached hydrogens (tertiary/aromatic N) is 2. The van der Waals surface area contributed by atoms with E-state index in [1.165, 1.54) is 10.1 Å². The Morgan fingerprint density at radius 3 is 2.37 bits per heavy atom. The first kappa shape index (κ1) is 17.3. The van der Waals surface area contributed by atoms with E-state index >= 15 is 0 Å². The van der Waals surface area contributed by atoms with Crippen LogP contribution >= 0.6 is 11.6 Å². The number of aromatic hydroxyl groups is 2. The van der Waals surface area contributed by atoms with Gasteiger partial charge < -0.3 is 10.2 Å². The molecule has 0 spiro atoms. The molecule has 4 rings (SSSR count). The van der Waals surface area contributed by atoms with Crippen LogP contribution < -0.4 is 9.13 Å². The van der Waals surface area contributed by atoms with Crippen LogP contribution in [-0.4, -0.2) is 10.2 Å². The van der Waals surface area contributed by atoms with E-state index in [0.717, 1.165) is 11.1 Å². The first-order valence-corrected chi connectivity index (χ1v) is 9.02. The van der Waals surface area contributed by atoms with E-state index in [2.05, 4.69) is 0 Å². The van der Waals surface area contributed by atoms with Crippen LogP contribution in [0, 0.1) is 6.92 Å². The smallest absolute Gasteiger partial charge is 0.459 e. The molecule has 27 heavy (non-hydrogen) atoms. The van der Waals surface area contributed by atoms with Gasteiger partial charge in [0.15, 0.2) is 11.9 Å². The normalized spacial score (nSPS) is 11.0. The fraction of sp³-hybridized carbons (Fsp3) is 0.0909. The minimum absolute atomic E-state index is 0.0366. The van der Waals surface area contributed by atoms with Crippen molar-refractivity contribution in [2.75, 3.05) is 0 Å². The summed E-state index contributed by atoms with van der Waals surface area (Å²) in [6, 6.07) is 22.6. The van der Waals surface area contributed by atoms with Gasteiger partial charge in [0, 0.05) is 28.8 Å². The number of aromatic nitrogens is 2. The molecule has 0 aliphatic carbocycles. The number of rotatable bonds is 3. The summed E-state index contributed by atoms with van der Waals surface area (Å²) in [5.74, 6) is -0.0366. The molecule has 0 bridgehead atoms. The van der Waals surface area contributed by atoms with Gasteiger partial charge in [-0.15, -0.1) is 0 Å². The van der Waals surface area contributed by atoms with E-state index < -0.39 is 0 Å². The summed E-state index contributed by atoms with van der Waals surface area (Å²) in [5.41, 5.74) is 3.55. The Bertz CT molecular complexity index is 1140. The quantitative estimate of drug-likeness (QED) is 0.532. The second-order valence-electron chi connectivity index (χ2n) is 6.53. The van der Waals surface area contributed by atoms with Gasteiger partial charge in [-0.3, -0.25) is 0 Å². The van der Waals surface area contributed by atoms with Crippen LogP contribution in [0.2, 0.25) is 5.02 Å². The van der Waals surface area contributed by atoms with Crippen LogP contribution in [0.5, 0.6) is 11.9 Å². The minimum atomic E-state index is -0.0750. The molecule has 0 saturated heterocycles. The molecular weight excluding hydrogens is 360 g/mol. The summed E-state index contributed by atoms with van der Waals surface area (Å²) in [6.45, 7) is 2.50. The third-order valence-electron chi connectivity index (χ3n) is 4.62. The molecule has 0 aliphatic rings. The fourth-order valence-corrected chi connectivity index (χ4v) is 3.41. The van der Waals surface area contributed by atoms with E-state index in [1.54, 1.807) is 28.8 Å². The zero-order valence-corrected chi connectivity index (χ0v) is 15.6. The van der Waals surface area contributed by atoms with Gasteiger partial charge in [-0.05, 0) is 23.6 Å². The molecule has 4 nitrogen and oxygen atoms in total. The number of benzene rings is 3. The van der Waals surface area contributed by atoms with Crippen LogP contribution in [-0.2, 0) is 6.54 Å². The summed E-state index contributed by atoms with van der Waals surface area (Å²) >= 11 is 6.12. The van der Waals surface area contributed by atoms with E-state index in [4.69, 9.17) is 11.6 Å². The Hall–Kier alpha value is -3.11. The number of halogens is 1. The highest BCUT2D eigenvalue weighted by Crippen LogP contribution is 2.24. The second kappa shape index (κ2) is 6.89. The van der Waals surface area contributed by atoms with Gasteiger partial charge in [-0.1, -0.05) is 64.2 Å². The van der Waals surface area contributed by atoms with Crippen molar-refractivity contribution < 1.29 is 19.3 Å². The predicted octanol–water partition coefficient (Wildman–Crippen LogP) is 3.83. The molecule has 0 atom stereocenters. The zero-order chi connectivity index (χ0) is 19.0. The summed E-state index contributed by atoms with van der Waals surface area (Å²) in [7, 11) is 0. The van der Waals surface area contributed by atoms with Crippen molar-refractivity contribution in [2.45, 2.75) is 13.5 Å². The highest BCUT2D eigenvalue weighted by Gasteiger charge is 2.35. The summed E-state index contributed by atoms with van der Waals surface area (Å²) < 4.78 is 3.18. The Balaban J connectivity index is 1.98. The van der Waals surface area contributed by atoms with Crippen molar-refractivity contribution in [1.29, 1.82) is 0 Å². The summed E-state index contributed by atoms with van der Waals surface area (Å²) in [4.78, 5) is 0. The Morgan fingerprint density at radius 1 is 0.889 bits per heavy atom. The van der Waals surface area contributed by atoms with Crippen molar-refractivity contribution in [3.63, 3.8) is 0 Å². The number of aryl methyl sites for hydroxylation is 1. The molecule has 0 fully saturated rings. The van der Waals surface area contributed by atoms with Crippen LogP contribution in [0.4, 0.5) is 0 Å². The average molecular weight is 379 g/mol. The van der Waals surface area contributed by atoms with Gasteiger partial charge >= 0.3 is 11.9 Å². The Labute approximate surface area is 162 Å². The predicted molar refractivity (Wildman–Crippen MR) is 104 cm³/mol. The SMILES string of the molecule is Cc1ccc(C[n+]2c(O)[n+](-c3cccc(Cl)c3)c(O)c3ccccc32)cc1. The lowest BCUT2D eigenvalue weighted by atomic mass is 10.1. The third kappa shape index (κ3) is 3.20. The van der Waals surface area contributed by atoms with Crippen LogP contribution in [0.1, 0.15) is 11.1 Å². The van der Waals surface area contributed by atoms with Crippen LogP contribution in [0.15, 0.2) is 72.8 Å². The Kier molecular flexibility index (Phi) is 4.42. The standard InChI is InChI=1S/C22H17ClN2O2/c1-15-9-11-16(12-10-15)14-24-20-8-3-2-7-19(20)21(26)25(22(24)27)18-6-4-5-17(23)13-18/h2-13H,14H2,1H3/p+2. The first-order valence-electron chi connectivity index (χ1n) is 8.64. The molecule has 1 aromatic heterocycles. The van der Waals surface area contributed by atoms with Crippen molar-refractivity contribution in [3.8, 4) is 17.6 Å².